The molecule has 0 radical (unpaired) electrons. The molecule has 2 aromatic carbocycles. The lowest BCUT2D eigenvalue weighted by molar-refractivity contribution is -0.120. The monoisotopic (exact) mass is 286 g/mol. The maximum absolute atomic E-state index is 13.6. The molecular weight excluding hydrogens is 267 g/mol. The van der Waals surface area contributed by atoms with Gasteiger partial charge >= 0.3 is 0 Å². The van der Waals surface area contributed by atoms with E-state index in [9.17, 15) is 9.18 Å². The number of anilines is 1. The number of halogens is 1. The third-order valence-electron chi connectivity index (χ3n) is 3.46. The van der Waals surface area contributed by atoms with Gasteiger partial charge in [-0.15, -0.1) is 0 Å². The Hall–Kier alpha value is -2.20. The van der Waals surface area contributed by atoms with Gasteiger partial charge in [-0.05, 0) is 32.2 Å². The molecule has 0 aliphatic rings. The number of likely N-dealkylation sites (N-methyl/N-ethyl adjacent to an activating group) is 1. The molecule has 0 saturated carbocycles. The van der Waals surface area contributed by atoms with Crippen molar-refractivity contribution in [1.29, 1.82) is 0 Å². The van der Waals surface area contributed by atoms with E-state index >= 15 is 0 Å². The molecule has 0 aromatic heterocycles. The normalized spacial score (nSPS) is 12.2. The standard InChI is InChI=1S/C17H19FN2O/c1-13(17(21)19-15-9-4-3-5-10-15)20(2)12-14-8-6-7-11-16(14)18/h3-11,13H,12H2,1-2H3,(H,19,21)/t13-/m1/s1. The molecule has 21 heavy (non-hydrogen) atoms. The third kappa shape index (κ3) is 4.13. The molecule has 2 rings (SSSR count). The zero-order valence-electron chi connectivity index (χ0n) is 12.2. The summed E-state index contributed by atoms with van der Waals surface area (Å²) in [5, 5.41) is 2.85. The number of carbonyl (C=O) groups is 1. The van der Waals surface area contributed by atoms with Gasteiger partial charge in [-0.25, -0.2) is 4.39 Å². The lowest BCUT2D eigenvalue weighted by Crippen LogP contribution is -2.39. The average molecular weight is 286 g/mol. The van der Waals surface area contributed by atoms with E-state index in [-0.39, 0.29) is 17.8 Å². The summed E-state index contributed by atoms with van der Waals surface area (Å²) in [5.41, 5.74) is 1.34. The highest BCUT2D eigenvalue weighted by Crippen LogP contribution is 2.12. The van der Waals surface area contributed by atoms with Crippen LogP contribution < -0.4 is 5.32 Å². The van der Waals surface area contributed by atoms with Crippen molar-refractivity contribution < 1.29 is 9.18 Å². The van der Waals surface area contributed by atoms with Gasteiger partial charge in [0.15, 0.2) is 0 Å². The van der Waals surface area contributed by atoms with E-state index in [4.69, 9.17) is 0 Å². The molecule has 110 valence electrons. The molecule has 0 heterocycles. The largest absolute Gasteiger partial charge is 0.325 e. The Morgan fingerprint density at radius 2 is 1.76 bits per heavy atom. The molecule has 0 spiro atoms. The fourth-order valence-corrected chi connectivity index (χ4v) is 2.00. The molecule has 1 atom stereocenters. The number of nitrogens with zero attached hydrogens (tertiary/aromatic N) is 1. The minimum atomic E-state index is -0.357. The molecule has 0 unspecified atom stereocenters. The summed E-state index contributed by atoms with van der Waals surface area (Å²) in [6.07, 6.45) is 0. The van der Waals surface area contributed by atoms with Crippen molar-refractivity contribution in [3.05, 3.63) is 66.0 Å². The Balaban J connectivity index is 1.97. The van der Waals surface area contributed by atoms with Crippen LogP contribution in [0.25, 0.3) is 0 Å². The van der Waals surface area contributed by atoms with Crippen LogP contribution in [0.4, 0.5) is 10.1 Å². The van der Waals surface area contributed by atoms with Gasteiger partial charge in [0.2, 0.25) is 5.91 Å². The summed E-state index contributed by atoms with van der Waals surface area (Å²) in [4.78, 5) is 14.0. The van der Waals surface area contributed by atoms with E-state index in [1.807, 2.05) is 42.3 Å². The summed E-state index contributed by atoms with van der Waals surface area (Å²) >= 11 is 0. The number of benzene rings is 2. The zero-order chi connectivity index (χ0) is 15.2. The zero-order valence-corrected chi connectivity index (χ0v) is 12.2. The van der Waals surface area contributed by atoms with Crippen LogP contribution in [0.5, 0.6) is 0 Å². The van der Waals surface area contributed by atoms with Crippen LogP contribution in [0.3, 0.4) is 0 Å². The fraction of sp³-hybridized carbons (Fsp3) is 0.235. The van der Waals surface area contributed by atoms with E-state index < -0.39 is 0 Å². The molecule has 4 heteroatoms. The van der Waals surface area contributed by atoms with Crippen molar-refractivity contribution in [2.45, 2.75) is 19.5 Å². The highest BCUT2D eigenvalue weighted by molar-refractivity contribution is 5.94. The first-order valence-corrected chi connectivity index (χ1v) is 6.87. The maximum atomic E-state index is 13.6. The number of amides is 1. The van der Waals surface area contributed by atoms with E-state index in [1.54, 1.807) is 25.1 Å². The number of carbonyl (C=O) groups excluding carboxylic acids is 1. The number of hydrogen-bond acceptors (Lipinski definition) is 2. The van der Waals surface area contributed by atoms with Crippen molar-refractivity contribution in [3.8, 4) is 0 Å². The van der Waals surface area contributed by atoms with Crippen LogP contribution in [-0.2, 0) is 11.3 Å². The highest BCUT2D eigenvalue weighted by atomic mass is 19.1. The molecular formula is C17H19FN2O. The Labute approximate surface area is 124 Å². The van der Waals surface area contributed by atoms with Crippen LogP contribution in [0.15, 0.2) is 54.6 Å². The van der Waals surface area contributed by atoms with E-state index in [2.05, 4.69) is 5.32 Å². The second-order valence-electron chi connectivity index (χ2n) is 5.04. The summed E-state index contributed by atoms with van der Waals surface area (Å²) in [6.45, 7) is 2.19. The quantitative estimate of drug-likeness (QED) is 0.914. The van der Waals surface area contributed by atoms with Gasteiger partial charge in [0.1, 0.15) is 5.82 Å². The Morgan fingerprint density at radius 3 is 2.43 bits per heavy atom. The predicted molar refractivity (Wildman–Crippen MR) is 82.4 cm³/mol. The number of nitrogens with one attached hydrogen (secondary N) is 1. The predicted octanol–water partition coefficient (Wildman–Crippen LogP) is 3.28. The molecule has 1 amide bonds. The smallest absolute Gasteiger partial charge is 0.241 e. The fourth-order valence-electron chi connectivity index (χ4n) is 2.00. The number of rotatable bonds is 5. The Morgan fingerprint density at radius 1 is 1.14 bits per heavy atom. The van der Waals surface area contributed by atoms with Crippen molar-refractivity contribution in [2.24, 2.45) is 0 Å². The summed E-state index contributed by atoms with van der Waals surface area (Å²) in [6, 6.07) is 15.5. The van der Waals surface area contributed by atoms with Gasteiger partial charge in [0.25, 0.3) is 0 Å². The van der Waals surface area contributed by atoms with Gasteiger partial charge in [-0.2, -0.15) is 0 Å². The number of para-hydroxylation sites is 1. The van der Waals surface area contributed by atoms with Crippen LogP contribution in [0, 0.1) is 5.82 Å². The van der Waals surface area contributed by atoms with Crippen molar-refractivity contribution >= 4 is 11.6 Å². The van der Waals surface area contributed by atoms with Crippen molar-refractivity contribution in [1.82, 2.24) is 4.90 Å². The van der Waals surface area contributed by atoms with Gasteiger partial charge in [-0.3, -0.25) is 9.69 Å². The molecule has 1 N–H and O–H groups in total. The second-order valence-corrected chi connectivity index (χ2v) is 5.04. The average Bonchev–Trinajstić information content (AvgIpc) is 2.49. The second kappa shape index (κ2) is 6.99. The first kappa shape index (κ1) is 15.2. The van der Waals surface area contributed by atoms with Gasteiger partial charge in [-0.1, -0.05) is 36.4 Å². The molecule has 0 aliphatic heterocycles. The maximum Gasteiger partial charge on any atom is 0.241 e. The van der Waals surface area contributed by atoms with Crippen molar-refractivity contribution in [2.75, 3.05) is 12.4 Å². The SMILES string of the molecule is C[C@H](C(=O)Nc1ccccc1)N(C)Cc1ccccc1F. The molecule has 0 bridgehead atoms. The molecule has 3 nitrogen and oxygen atoms in total. The van der Waals surface area contributed by atoms with E-state index in [0.29, 0.717) is 12.1 Å². The van der Waals surface area contributed by atoms with Crippen molar-refractivity contribution in [3.63, 3.8) is 0 Å². The van der Waals surface area contributed by atoms with Crippen LogP contribution >= 0.6 is 0 Å². The molecule has 0 saturated heterocycles. The first-order valence-electron chi connectivity index (χ1n) is 6.87. The van der Waals surface area contributed by atoms with Gasteiger partial charge in [0, 0.05) is 17.8 Å². The summed E-state index contributed by atoms with van der Waals surface area (Å²) in [5.74, 6) is -0.361. The topological polar surface area (TPSA) is 32.3 Å². The lowest BCUT2D eigenvalue weighted by Gasteiger charge is -2.24. The van der Waals surface area contributed by atoms with Crippen LogP contribution in [0.2, 0.25) is 0 Å². The molecule has 0 fully saturated rings. The molecule has 2 aromatic rings. The highest BCUT2D eigenvalue weighted by Gasteiger charge is 2.19. The summed E-state index contributed by atoms with van der Waals surface area (Å²) < 4.78 is 13.6. The molecule has 0 aliphatic carbocycles. The van der Waals surface area contributed by atoms with Gasteiger partial charge < -0.3 is 5.32 Å². The summed E-state index contributed by atoms with van der Waals surface area (Å²) in [7, 11) is 1.81. The Kier molecular flexibility index (Phi) is 5.06. The minimum Gasteiger partial charge on any atom is -0.325 e. The Bertz CT molecular complexity index is 601. The van der Waals surface area contributed by atoms with Gasteiger partial charge in [0.05, 0.1) is 6.04 Å². The van der Waals surface area contributed by atoms with E-state index in [0.717, 1.165) is 5.69 Å². The minimum absolute atomic E-state index is 0.111. The lowest BCUT2D eigenvalue weighted by atomic mass is 10.1. The first-order chi connectivity index (χ1) is 10.1. The van der Waals surface area contributed by atoms with E-state index in [1.165, 1.54) is 6.07 Å². The van der Waals surface area contributed by atoms with Crippen LogP contribution in [-0.4, -0.2) is 23.9 Å². The van der Waals surface area contributed by atoms with Crippen LogP contribution in [0.1, 0.15) is 12.5 Å². The third-order valence-corrected chi connectivity index (χ3v) is 3.46. The number of hydrogen-bond donors (Lipinski definition) is 1.